The van der Waals surface area contributed by atoms with Crippen molar-refractivity contribution >= 4 is 19.8 Å². The van der Waals surface area contributed by atoms with Gasteiger partial charge in [0.2, 0.25) is 0 Å². The molecule has 0 aromatic rings. The lowest BCUT2D eigenvalue weighted by atomic mass is 10.0. The Morgan fingerprint density at radius 2 is 0.705 bits per heavy atom. The third-order valence-corrected chi connectivity index (χ3v) is 15.3. The summed E-state index contributed by atoms with van der Waals surface area (Å²) in [6, 6.07) is 0. The van der Waals surface area contributed by atoms with Crippen LogP contribution in [0, 0.1) is 0 Å². The fourth-order valence-corrected chi connectivity index (χ4v) is 10.3. The summed E-state index contributed by atoms with van der Waals surface area (Å²) in [6.45, 7) is 3.68. The SMILES string of the molecule is CC/C=C\C/C=C\C/C=C\C/C=C\C/C=C\C/C=C\CCCCCCCCCCCCCCCCCCCCCCC(=O)OC(COC(=O)CCCCCCCCCCCCCCCCCCCC)COP(=O)(O)OCCN. The fourth-order valence-electron chi connectivity index (χ4n) is 9.53. The number of ether oxygens (including phenoxy) is 2. The van der Waals surface area contributed by atoms with Crippen LogP contribution >= 0.6 is 7.82 Å². The van der Waals surface area contributed by atoms with E-state index in [1.165, 1.54) is 212 Å². The average Bonchev–Trinajstić information content (AvgIpc) is 3.43. The van der Waals surface area contributed by atoms with Gasteiger partial charge in [-0.05, 0) is 64.2 Å². The molecule has 9 nitrogen and oxygen atoms in total. The molecule has 0 aliphatic heterocycles. The average molecular weight is 1110 g/mol. The summed E-state index contributed by atoms with van der Waals surface area (Å²) < 4.78 is 33.1. The number of hydrogen-bond acceptors (Lipinski definition) is 8. The molecule has 78 heavy (non-hydrogen) atoms. The van der Waals surface area contributed by atoms with Gasteiger partial charge in [-0.15, -0.1) is 0 Å². The van der Waals surface area contributed by atoms with E-state index in [1.807, 2.05) is 0 Å². The van der Waals surface area contributed by atoms with Crippen molar-refractivity contribution in [2.75, 3.05) is 26.4 Å². The molecule has 0 amide bonds. The number of rotatable bonds is 62. The lowest BCUT2D eigenvalue weighted by molar-refractivity contribution is -0.161. The molecule has 2 unspecified atom stereocenters. The molecule has 0 fully saturated rings. The molecular weight excluding hydrogens is 990 g/mol. The summed E-state index contributed by atoms with van der Waals surface area (Å²) in [5, 5.41) is 0. The number of carbonyl (C=O) groups excluding carboxylic acids is 2. The third kappa shape index (κ3) is 62.6. The summed E-state index contributed by atoms with van der Waals surface area (Å²) in [5.41, 5.74) is 5.39. The van der Waals surface area contributed by atoms with Gasteiger partial charge in [0.1, 0.15) is 6.61 Å². The van der Waals surface area contributed by atoms with Gasteiger partial charge in [-0.25, -0.2) is 4.57 Å². The maximum absolute atomic E-state index is 12.7. The summed E-state index contributed by atoms with van der Waals surface area (Å²) in [7, 11) is -4.39. The molecule has 0 saturated heterocycles. The number of phosphoric acid groups is 1. The molecule has 0 aliphatic rings. The summed E-state index contributed by atoms with van der Waals surface area (Å²) in [5.74, 6) is -0.811. The van der Waals surface area contributed by atoms with Crippen LogP contribution in [-0.2, 0) is 32.7 Å². The molecule has 0 aromatic heterocycles. The number of carbonyl (C=O) groups is 2. The number of esters is 2. The number of hydrogen-bond donors (Lipinski definition) is 2. The van der Waals surface area contributed by atoms with Crippen LogP contribution in [0.4, 0.5) is 0 Å². The molecule has 0 bridgehead atoms. The van der Waals surface area contributed by atoms with E-state index in [-0.39, 0.29) is 38.6 Å². The Kier molecular flexibility index (Phi) is 61.5. The predicted octanol–water partition coefficient (Wildman–Crippen LogP) is 21.2. The second-order valence-corrected chi connectivity index (χ2v) is 23.4. The number of unbranched alkanes of at least 4 members (excludes halogenated alkanes) is 37. The zero-order valence-corrected chi connectivity index (χ0v) is 51.8. The highest BCUT2D eigenvalue weighted by Crippen LogP contribution is 2.43. The largest absolute Gasteiger partial charge is 0.472 e. The highest BCUT2D eigenvalue weighted by atomic mass is 31.2. The minimum Gasteiger partial charge on any atom is -0.462 e. The van der Waals surface area contributed by atoms with Gasteiger partial charge in [0.25, 0.3) is 0 Å². The normalized spacial score (nSPS) is 13.4. The Labute approximate surface area is 482 Å². The van der Waals surface area contributed by atoms with Crippen molar-refractivity contribution in [3.8, 4) is 0 Å². The Bertz CT molecular complexity index is 1510. The molecule has 454 valence electrons. The van der Waals surface area contributed by atoms with Gasteiger partial charge in [-0.2, -0.15) is 0 Å². The first kappa shape index (κ1) is 75.5. The van der Waals surface area contributed by atoms with Crippen LogP contribution in [0.3, 0.4) is 0 Å². The van der Waals surface area contributed by atoms with Crippen molar-refractivity contribution in [3.05, 3.63) is 72.9 Å². The van der Waals surface area contributed by atoms with Gasteiger partial charge >= 0.3 is 19.8 Å². The number of phosphoric ester groups is 1. The Balaban J connectivity index is 3.81. The van der Waals surface area contributed by atoms with Gasteiger partial charge in [-0.1, -0.05) is 311 Å². The zero-order chi connectivity index (χ0) is 56.6. The van der Waals surface area contributed by atoms with E-state index in [0.717, 1.165) is 70.6 Å². The van der Waals surface area contributed by atoms with Crippen LogP contribution in [-0.4, -0.2) is 49.3 Å². The maximum atomic E-state index is 12.7. The first-order valence-electron chi connectivity index (χ1n) is 32.9. The monoisotopic (exact) mass is 1110 g/mol. The van der Waals surface area contributed by atoms with Crippen LogP contribution in [0.2, 0.25) is 0 Å². The maximum Gasteiger partial charge on any atom is 0.472 e. The molecule has 3 N–H and O–H groups in total. The minimum atomic E-state index is -4.39. The van der Waals surface area contributed by atoms with Crippen molar-refractivity contribution in [3.63, 3.8) is 0 Å². The molecule has 0 saturated carbocycles. The summed E-state index contributed by atoms with van der Waals surface area (Å²) in [6.07, 6.45) is 82.7. The van der Waals surface area contributed by atoms with E-state index < -0.39 is 26.5 Å². The van der Waals surface area contributed by atoms with E-state index >= 15 is 0 Å². The first-order valence-corrected chi connectivity index (χ1v) is 34.4. The van der Waals surface area contributed by atoms with E-state index in [4.69, 9.17) is 24.3 Å². The highest BCUT2D eigenvalue weighted by molar-refractivity contribution is 7.47. The smallest absolute Gasteiger partial charge is 0.462 e. The van der Waals surface area contributed by atoms with Crippen LogP contribution in [0.5, 0.6) is 0 Å². The van der Waals surface area contributed by atoms with Crippen LogP contribution < -0.4 is 5.73 Å². The molecular formula is C68H124NO8P. The van der Waals surface area contributed by atoms with E-state index in [9.17, 15) is 19.0 Å². The van der Waals surface area contributed by atoms with Crippen molar-refractivity contribution in [1.82, 2.24) is 0 Å². The van der Waals surface area contributed by atoms with E-state index in [0.29, 0.717) is 6.42 Å². The fraction of sp³-hybridized carbons (Fsp3) is 0.794. The van der Waals surface area contributed by atoms with E-state index in [2.05, 4.69) is 86.8 Å². The van der Waals surface area contributed by atoms with Gasteiger partial charge in [0.15, 0.2) is 6.10 Å². The highest BCUT2D eigenvalue weighted by Gasteiger charge is 2.26. The van der Waals surface area contributed by atoms with Gasteiger partial charge in [0, 0.05) is 19.4 Å². The van der Waals surface area contributed by atoms with Crippen molar-refractivity contribution in [1.29, 1.82) is 0 Å². The van der Waals surface area contributed by atoms with Gasteiger partial charge in [0.05, 0.1) is 13.2 Å². The Hall–Kier alpha value is -2.55. The van der Waals surface area contributed by atoms with Crippen molar-refractivity contribution in [2.45, 2.75) is 322 Å². The Morgan fingerprint density at radius 3 is 1.05 bits per heavy atom. The third-order valence-electron chi connectivity index (χ3n) is 14.4. The molecule has 0 spiro atoms. The molecule has 0 radical (unpaired) electrons. The Morgan fingerprint density at radius 1 is 0.397 bits per heavy atom. The number of nitrogens with two attached hydrogens (primary N) is 1. The molecule has 0 rings (SSSR count). The molecule has 0 heterocycles. The quantitative estimate of drug-likeness (QED) is 0.0264. The van der Waals surface area contributed by atoms with Crippen molar-refractivity contribution < 1.29 is 37.6 Å². The molecule has 10 heteroatoms. The topological polar surface area (TPSA) is 134 Å². The minimum absolute atomic E-state index is 0.0548. The van der Waals surface area contributed by atoms with Crippen LogP contribution in [0.15, 0.2) is 72.9 Å². The second kappa shape index (κ2) is 63.6. The summed E-state index contributed by atoms with van der Waals surface area (Å²) >= 11 is 0. The second-order valence-electron chi connectivity index (χ2n) is 22.0. The van der Waals surface area contributed by atoms with Gasteiger partial charge in [-0.3, -0.25) is 18.6 Å². The first-order chi connectivity index (χ1) is 38.3. The zero-order valence-electron chi connectivity index (χ0n) is 50.9. The molecule has 0 aliphatic carbocycles. The predicted molar refractivity (Wildman–Crippen MR) is 335 cm³/mol. The van der Waals surface area contributed by atoms with Crippen LogP contribution in [0.25, 0.3) is 0 Å². The van der Waals surface area contributed by atoms with E-state index in [1.54, 1.807) is 0 Å². The molecule has 2 atom stereocenters. The standard InChI is InChI=1S/C68H124NO8P/c1-3-5-7-9-11-13-15-17-19-21-23-24-25-26-27-28-29-30-31-32-33-34-35-36-37-38-39-40-41-42-43-45-47-49-51-53-55-57-59-61-68(71)77-66(65-76-78(72,73)75-63-62-69)64-74-67(70)60-58-56-54-52-50-48-46-44-22-20-18-16-14-12-10-8-6-4-2/h5,7,11,13,17,19,23-24,26-27,29-30,66H,3-4,6,8-10,12,14-16,18,20-22,25,28,31-65,69H2,1-2H3,(H,72,73)/b7-5-,13-11-,19-17-,24-23-,27-26-,30-29-. The lowest BCUT2D eigenvalue weighted by Crippen LogP contribution is -2.29. The number of allylic oxidation sites excluding steroid dienone is 12. The summed E-state index contributed by atoms with van der Waals surface area (Å²) in [4.78, 5) is 35.2. The van der Waals surface area contributed by atoms with Crippen LogP contribution in [0.1, 0.15) is 316 Å². The van der Waals surface area contributed by atoms with Gasteiger partial charge < -0.3 is 20.1 Å². The lowest BCUT2D eigenvalue weighted by Gasteiger charge is -2.19. The molecule has 0 aromatic carbocycles. The van der Waals surface area contributed by atoms with Crippen molar-refractivity contribution in [2.24, 2.45) is 5.73 Å².